The summed E-state index contributed by atoms with van der Waals surface area (Å²) < 4.78 is 0. The van der Waals surface area contributed by atoms with Crippen molar-refractivity contribution in [2.45, 2.75) is 93.0 Å². The SMILES string of the molecule is C=C(C)/C(=C(C)\C=C(/CC)NC(CCC=O)C(=O)C(C)CC)N1CCC(=O)CC1.CC. The standard InChI is InChI=1S/C24H38N2O3.C2H6/c1-7-18(5)24(29)22(10-9-15-27)25-20(8-2)16-19(6)23(17(3)4)26-13-11-21(28)12-14-26;1-2/h15-16,18,22,25H,3,7-14H2,1-2,4-6H3;1-2H3/b20-16+,23-19+;. The van der Waals surface area contributed by atoms with Gasteiger partial charge in [0.1, 0.15) is 12.1 Å². The molecule has 0 aromatic heterocycles. The van der Waals surface area contributed by atoms with Gasteiger partial charge in [0.15, 0.2) is 5.78 Å². The number of allylic oxidation sites excluding steroid dienone is 4. The van der Waals surface area contributed by atoms with Crippen LogP contribution < -0.4 is 5.32 Å². The van der Waals surface area contributed by atoms with E-state index < -0.39 is 0 Å². The smallest absolute Gasteiger partial charge is 0.157 e. The third kappa shape index (κ3) is 9.67. The van der Waals surface area contributed by atoms with Gasteiger partial charge in [-0.3, -0.25) is 9.59 Å². The van der Waals surface area contributed by atoms with Gasteiger partial charge >= 0.3 is 0 Å². The molecular formula is C26H44N2O3. The van der Waals surface area contributed by atoms with Crippen molar-refractivity contribution in [1.29, 1.82) is 0 Å². The Kier molecular flexibility index (Phi) is 14.5. The maximum atomic E-state index is 12.8. The molecule has 1 rings (SSSR count). The first kappa shape index (κ1) is 28.8. The molecule has 2 atom stereocenters. The number of ketones is 2. The van der Waals surface area contributed by atoms with Gasteiger partial charge in [-0.25, -0.2) is 0 Å². The molecular weight excluding hydrogens is 388 g/mol. The zero-order valence-corrected chi connectivity index (χ0v) is 20.8. The molecule has 1 N–H and O–H groups in total. The maximum absolute atomic E-state index is 12.8. The highest BCUT2D eigenvalue weighted by molar-refractivity contribution is 5.86. The minimum atomic E-state index is -0.352. The number of piperidine rings is 1. The van der Waals surface area contributed by atoms with E-state index in [-0.39, 0.29) is 17.7 Å². The molecule has 1 heterocycles. The van der Waals surface area contributed by atoms with Crippen molar-refractivity contribution in [2.75, 3.05) is 13.1 Å². The molecule has 0 radical (unpaired) electrons. The van der Waals surface area contributed by atoms with Gasteiger partial charge in [0, 0.05) is 49.7 Å². The second kappa shape index (κ2) is 15.6. The Labute approximate surface area is 190 Å². The lowest BCUT2D eigenvalue weighted by Gasteiger charge is -2.32. The molecule has 0 spiro atoms. The first-order valence-corrected chi connectivity index (χ1v) is 11.8. The van der Waals surface area contributed by atoms with Crippen LogP contribution in [0.4, 0.5) is 0 Å². The molecule has 0 aromatic carbocycles. The summed E-state index contributed by atoms with van der Waals surface area (Å²) >= 11 is 0. The van der Waals surface area contributed by atoms with Crippen LogP contribution in [0.1, 0.15) is 87.0 Å². The van der Waals surface area contributed by atoms with E-state index in [1.54, 1.807) is 0 Å². The van der Waals surface area contributed by atoms with E-state index in [2.05, 4.69) is 36.7 Å². The van der Waals surface area contributed by atoms with Gasteiger partial charge in [-0.2, -0.15) is 0 Å². The highest BCUT2D eigenvalue weighted by Crippen LogP contribution is 2.23. The fourth-order valence-electron chi connectivity index (χ4n) is 3.70. The summed E-state index contributed by atoms with van der Waals surface area (Å²) in [6.45, 7) is 19.6. The van der Waals surface area contributed by atoms with Crippen LogP contribution in [0.5, 0.6) is 0 Å². The molecule has 0 amide bonds. The third-order valence-corrected chi connectivity index (χ3v) is 5.56. The molecule has 31 heavy (non-hydrogen) atoms. The monoisotopic (exact) mass is 432 g/mol. The number of carbonyl (C=O) groups excluding carboxylic acids is 3. The second-order valence-corrected chi connectivity index (χ2v) is 8.01. The van der Waals surface area contributed by atoms with E-state index in [9.17, 15) is 14.4 Å². The minimum absolute atomic E-state index is 0.0363. The van der Waals surface area contributed by atoms with E-state index in [0.29, 0.717) is 31.5 Å². The Morgan fingerprint density at radius 2 is 1.77 bits per heavy atom. The summed E-state index contributed by atoms with van der Waals surface area (Å²) in [5.41, 5.74) is 4.09. The third-order valence-electron chi connectivity index (χ3n) is 5.56. The molecule has 0 bridgehead atoms. The first-order valence-electron chi connectivity index (χ1n) is 11.8. The van der Waals surface area contributed by atoms with Crippen LogP contribution >= 0.6 is 0 Å². The number of nitrogens with one attached hydrogen (secondary N) is 1. The Morgan fingerprint density at radius 3 is 2.23 bits per heavy atom. The van der Waals surface area contributed by atoms with Gasteiger partial charge in [-0.05, 0) is 50.3 Å². The topological polar surface area (TPSA) is 66.5 Å². The molecule has 0 saturated carbocycles. The molecule has 0 aliphatic carbocycles. The number of nitrogens with zero attached hydrogens (tertiary/aromatic N) is 1. The predicted molar refractivity (Wildman–Crippen MR) is 130 cm³/mol. The van der Waals surface area contributed by atoms with Crippen molar-refractivity contribution in [3.05, 3.63) is 35.2 Å². The van der Waals surface area contributed by atoms with Crippen LogP contribution in [0.15, 0.2) is 35.2 Å². The van der Waals surface area contributed by atoms with Gasteiger partial charge < -0.3 is 15.0 Å². The Bertz CT molecular complexity index is 666. The summed E-state index contributed by atoms with van der Waals surface area (Å²) in [5.74, 6) is 0.434. The summed E-state index contributed by atoms with van der Waals surface area (Å²) in [5, 5.41) is 3.40. The number of hydrogen-bond donors (Lipinski definition) is 1. The normalized spacial score (nSPS) is 17.1. The van der Waals surface area contributed by atoms with Crippen molar-refractivity contribution in [3.8, 4) is 0 Å². The summed E-state index contributed by atoms with van der Waals surface area (Å²) in [7, 11) is 0. The molecule has 5 heteroatoms. The average molecular weight is 433 g/mol. The number of rotatable bonds is 12. The van der Waals surface area contributed by atoms with Gasteiger partial charge in [-0.1, -0.05) is 41.2 Å². The van der Waals surface area contributed by atoms with Crippen molar-refractivity contribution in [2.24, 2.45) is 5.92 Å². The first-order chi connectivity index (χ1) is 14.7. The van der Waals surface area contributed by atoms with Crippen LogP contribution in [0.25, 0.3) is 0 Å². The zero-order valence-electron chi connectivity index (χ0n) is 20.8. The molecule has 176 valence electrons. The van der Waals surface area contributed by atoms with Crippen molar-refractivity contribution < 1.29 is 14.4 Å². The summed E-state index contributed by atoms with van der Waals surface area (Å²) in [6, 6.07) is -0.352. The lowest BCUT2D eigenvalue weighted by molar-refractivity contribution is -0.124. The van der Waals surface area contributed by atoms with Gasteiger partial charge in [0.25, 0.3) is 0 Å². The lowest BCUT2D eigenvalue weighted by atomic mass is 9.94. The van der Waals surface area contributed by atoms with E-state index in [1.807, 2.05) is 34.6 Å². The Balaban J connectivity index is 0.00000436. The molecule has 0 aromatic rings. The van der Waals surface area contributed by atoms with Gasteiger partial charge in [0.2, 0.25) is 0 Å². The number of likely N-dealkylation sites (tertiary alicyclic amines) is 1. The quantitative estimate of drug-likeness (QED) is 0.331. The van der Waals surface area contributed by atoms with Crippen LogP contribution in [0, 0.1) is 5.92 Å². The zero-order chi connectivity index (χ0) is 24.0. The van der Waals surface area contributed by atoms with Crippen LogP contribution in [0.2, 0.25) is 0 Å². The molecule has 1 aliphatic rings. The van der Waals surface area contributed by atoms with Crippen molar-refractivity contribution >= 4 is 17.9 Å². The Morgan fingerprint density at radius 1 is 1.19 bits per heavy atom. The Hall–Kier alpha value is -2.17. The highest BCUT2D eigenvalue weighted by atomic mass is 16.1. The van der Waals surface area contributed by atoms with Crippen molar-refractivity contribution in [3.63, 3.8) is 0 Å². The van der Waals surface area contributed by atoms with E-state index in [4.69, 9.17) is 0 Å². The van der Waals surface area contributed by atoms with Crippen molar-refractivity contribution in [1.82, 2.24) is 10.2 Å². The van der Waals surface area contributed by atoms with Gasteiger partial charge in [0.05, 0.1) is 6.04 Å². The average Bonchev–Trinajstić information content (AvgIpc) is 2.77. The van der Waals surface area contributed by atoms with E-state index in [0.717, 1.165) is 54.8 Å². The van der Waals surface area contributed by atoms with Crippen LogP contribution in [-0.2, 0) is 14.4 Å². The molecule has 5 nitrogen and oxygen atoms in total. The fraction of sp³-hybridized carbons (Fsp3) is 0.654. The second-order valence-electron chi connectivity index (χ2n) is 8.01. The predicted octanol–water partition coefficient (Wildman–Crippen LogP) is 5.37. The maximum Gasteiger partial charge on any atom is 0.157 e. The van der Waals surface area contributed by atoms with Gasteiger partial charge in [-0.15, -0.1) is 0 Å². The molecule has 1 fully saturated rings. The molecule has 1 aliphatic heterocycles. The minimum Gasteiger partial charge on any atom is -0.379 e. The number of hydrogen-bond acceptors (Lipinski definition) is 5. The number of aldehydes is 1. The summed E-state index contributed by atoms with van der Waals surface area (Å²) in [6.07, 6.45) is 6.51. The van der Waals surface area contributed by atoms with E-state index >= 15 is 0 Å². The highest BCUT2D eigenvalue weighted by Gasteiger charge is 2.23. The molecule has 2 unspecified atom stereocenters. The van der Waals surface area contributed by atoms with Crippen LogP contribution in [-0.4, -0.2) is 41.9 Å². The van der Waals surface area contributed by atoms with Crippen LogP contribution in [0.3, 0.4) is 0 Å². The fourth-order valence-corrected chi connectivity index (χ4v) is 3.70. The summed E-state index contributed by atoms with van der Waals surface area (Å²) in [4.78, 5) is 37.5. The number of carbonyl (C=O) groups is 3. The molecule has 1 saturated heterocycles. The van der Waals surface area contributed by atoms with E-state index in [1.165, 1.54) is 0 Å². The largest absolute Gasteiger partial charge is 0.379 e. The lowest BCUT2D eigenvalue weighted by Crippen LogP contribution is -2.39. The number of Topliss-reactive ketones (excluding diaryl/α,β-unsaturated/α-hetero) is 2.